The third-order valence-electron chi connectivity index (χ3n) is 5.53. The standard InChI is InChI=1S/C25H24N4O3/c1-18-8-10-22(11-9-18)25-27(16-20-6-4-3-5-7-20)17-24(30)28(25)26-19(2)21-12-14-23(15-13-21)29(31)32/h3-15,25H,16-17H2,1-2H3/b26-19-/t25-/m1/s1. The first-order chi connectivity index (χ1) is 15.4. The largest absolute Gasteiger partial charge is 0.271 e. The normalized spacial score (nSPS) is 17.1. The lowest BCUT2D eigenvalue weighted by molar-refractivity contribution is -0.384. The number of non-ortho nitro benzene ring substituents is 1. The number of nitrogens with zero attached hydrogens (tertiary/aromatic N) is 4. The first-order valence-corrected chi connectivity index (χ1v) is 10.4. The van der Waals surface area contributed by atoms with Gasteiger partial charge in [0.15, 0.2) is 0 Å². The monoisotopic (exact) mass is 428 g/mol. The molecule has 0 bridgehead atoms. The summed E-state index contributed by atoms with van der Waals surface area (Å²) >= 11 is 0. The Morgan fingerprint density at radius 2 is 1.69 bits per heavy atom. The molecule has 4 rings (SSSR count). The van der Waals surface area contributed by atoms with Gasteiger partial charge in [-0.05, 0) is 42.7 Å². The summed E-state index contributed by atoms with van der Waals surface area (Å²) in [5.41, 5.74) is 4.61. The van der Waals surface area contributed by atoms with E-state index in [0.29, 0.717) is 12.3 Å². The van der Waals surface area contributed by atoms with Crippen molar-refractivity contribution in [2.45, 2.75) is 26.6 Å². The average molecular weight is 428 g/mol. The van der Waals surface area contributed by atoms with Gasteiger partial charge in [-0.15, -0.1) is 0 Å². The minimum Gasteiger partial charge on any atom is -0.271 e. The van der Waals surface area contributed by atoms with Crippen LogP contribution in [0, 0.1) is 17.0 Å². The van der Waals surface area contributed by atoms with Gasteiger partial charge in [-0.1, -0.05) is 60.2 Å². The van der Waals surface area contributed by atoms with Crippen LogP contribution >= 0.6 is 0 Å². The van der Waals surface area contributed by atoms with Crippen molar-refractivity contribution in [3.8, 4) is 0 Å². The highest BCUT2D eigenvalue weighted by atomic mass is 16.6. The van der Waals surface area contributed by atoms with Crippen molar-refractivity contribution in [2.75, 3.05) is 6.54 Å². The third-order valence-corrected chi connectivity index (χ3v) is 5.53. The maximum Gasteiger partial charge on any atom is 0.269 e. The Hall–Kier alpha value is -3.84. The highest BCUT2D eigenvalue weighted by Gasteiger charge is 2.39. The zero-order chi connectivity index (χ0) is 22.7. The van der Waals surface area contributed by atoms with E-state index < -0.39 is 4.92 Å². The van der Waals surface area contributed by atoms with E-state index in [1.807, 2.05) is 61.5 Å². The minimum absolute atomic E-state index is 0.0189. The van der Waals surface area contributed by atoms with E-state index >= 15 is 0 Å². The van der Waals surface area contributed by atoms with Crippen molar-refractivity contribution in [1.29, 1.82) is 0 Å². The van der Waals surface area contributed by atoms with Gasteiger partial charge in [0.2, 0.25) is 0 Å². The lowest BCUT2D eigenvalue weighted by Crippen LogP contribution is -2.29. The molecule has 0 saturated carbocycles. The van der Waals surface area contributed by atoms with Gasteiger partial charge < -0.3 is 0 Å². The summed E-state index contributed by atoms with van der Waals surface area (Å²) in [4.78, 5) is 25.6. The molecule has 7 heteroatoms. The van der Waals surface area contributed by atoms with E-state index in [1.165, 1.54) is 17.1 Å². The molecule has 32 heavy (non-hydrogen) atoms. The van der Waals surface area contributed by atoms with Crippen molar-refractivity contribution in [1.82, 2.24) is 9.91 Å². The quantitative estimate of drug-likeness (QED) is 0.325. The molecule has 0 aromatic heterocycles. The predicted molar refractivity (Wildman–Crippen MR) is 123 cm³/mol. The number of amides is 1. The summed E-state index contributed by atoms with van der Waals surface area (Å²) in [6, 6.07) is 24.4. The van der Waals surface area contributed by atoms with Crippen molar-refractivity contribution in [2.24, 2.45) is 5.10 Å². The Morgan fingerprint density at radius 3 is 2.31 bits per heavy atom. The number of carbonyl (C=O) groups is 1. The number of nitro groups is 1. The number of hydrazone groups is 1. The summed E-state index contributed by atoms with van der Waals surface area (Å²) < 4.78 is 0. The molecular weight excluding hydrogens is 404 g/mol. The average Bonchev–Trinajstić information content (AvgIpc) is 3.09. The fraction of sp³-hybridized carbons (Fsp3) is 0.200. The van der Waals surface area contributed by atoms with Gasteiger partial charge in [0, 0.05) is 18.7 Å². The van der Waals surface area contributed by atoms with E-state index in [9.17, 15) is 14.9 Å². The number of carbonyl (C=O) groups excluding carboxylic acids is 1. The Morgan fingerprint density at radius 1 is 1.03 bits per heavy atom. The number of nitro benzene ring substituents is 1. The van der Waals surface area contributed by atoms with E-state index in [1.54, 1.807) is 19.1 Å². The molecule has 0 radical (unpaired) electrons. The molecule has 1 aliphatic heterocycles. The lowest BCUT2D eigenvalue weighted by Gasteiger charge is -2.28. The molecule has 3 aromatic carbocycles. The number of benzene rings is 3. The summed E-state index contributed by atoms with van der Waals surface area (Å²) in [5, 5.41) is 17.1. The van der Waals surface area contributed by atoms with Crippen LogP contribution in [0.3, 0.4) is 0 Å². The fourth-order valence-corrected chi connectivity index (χ4v) is 3.83. The molecular formula is C25H24N4O3. The van der Waals surface area contributed by atoms with Crippen LogP contribution in [0.1, 0.15) is 35.3 Å². The highest BCUT2D eigenvalue weighted by molar-refractivity contribution is 5.99. The lowest BCUT2D eigenvalue weighted by atomic mass is 10.1. The predicted octanol–water partition coefficient (Wildman–Crippen LogP) is 4.67. The summed E-state index contributed by atoms with van der Waals surface area (Å²) in [7, 11) is 0. The van der Waals surface area contributed by atoms with Crippen LogP contribution in [0.4, 0.5) is 5.69 Å². The van der Waals surface area contributed by atoms with E-state index in [2.05, 4.69) is 10.0 Å². The Balaban J connectivity index is 1.68. The van der Waals surface area contributed by atoms with E-state index in [-0.39, 0.29) is 24.3 Å². The Labute approximate surface area is 186 Å². The number of hydrogen-bond donors (Lipinski definition) is 0. The molecule has 1 atom stereocenters. The van der Waals surface area contributed by atoms with Crippen LogP contribution < -0.4 is 0 Å². The molecule has 3 aromatic rings. The molecule has 1 amide bonds. The molecule has 7 nitrogen and oxygen atoms in total. The minimum atomic E-state index is -0.435. The zero-order valence-electron chi connectivity index (χ0n) is 18.0. The molecule has 162 valence electrons. The third kappa shape index (κ3) is 4.58. The van der Waals surface area contributed by atoms with Crippen LogP contribution in [0.15, 0.2) is 84.0 Å². The number of hydrogen-bond acceptors (Lipinski definition) is 5. The SMILES string of the molecule is C/C(=N/N1C(=O)CN(Cc2ccccc2)[C@H]1c1ccc(C)cc1)c1ccc([N+](=O)[O-])cc1. The van der Waals surface area contributed by atoms with Gasteiger partial charge in [-0.3, -0.25) is 19.8 Å². The van der Waals surface area contributed by atoms with Crippen molar-refractivity contribution in [3.05, 3.63) is 111 Å². The Bertz CT molecular complexity index is 1140. The second kappa shape index (κ2) is 9.11. The molecule has 1 fully saturated rings. The van der Waals surface area contributed by atoms with Gasteiger partial charge in [-0.2, -0.15) is 5.10 Å². The van der Waals surface area contributed by atoms with Gasteiger partial charge in [-0.25, -0.2) is 5.01 Å². The van der Waals surface area contributed by atoms with Gasteiger partial charge in [0.05, 0.1) is 17.2 Å². The van der Waals surface area contributed by atoms with Crippen molar-refractivity contribution < 1.29 is 9.72 Å². The Kier molecular flexibility index (Phi) is 6.09. The molecule has 0 aliphatic carbocycles. The first kappa shape index (κ1) is 21.4. The second-order valence-corrected chi connectivity index (χ2v) is 7.90. The van der Waals surface area contributed by atoms with Crippen LogP contribution in [0.25, 0.3) is 0 Å². The summed E-state index contributed by atoms with van der Waals surface area (Å²) in [6.07, 6.45) is -0.337. The topological polar surface area (TPSA) is 79.0 Å². The molecule has 0 spiro atoms. The van der Waals surface area contributed by atoms with Gasteiger partial charge in [0.1, 0.15) is 6.17 Å². The molecule has 1 heterocycles. The van der Waals surface area contributed by atoms with Crippen LogP contribution in [0.2, 0.25) is 0 Å². The maximum atomic E-state index is 13.0. The molecule has 1 aliphatic rings. The van der Waals surface area contributed by atoms with Crippen LogP contribution in [0.5, 0.6) is 0 Å². The van der Waals surface area contributed by atoms with Crippen LogP contribution in [-0.2, 0) is 11.3 Å². The molecule has 0 unspecified atom stereocenters. The number of rotatable bonds is 6. The number of aryl methyl sites for hydroxylation is 1. The summed E-state index contributed by atoms with van der Waals surface area (Å²) in [6.45, 7) is 4.71. The molecule has 0 N–H and O–H groups in total. The maximum absolute atomic E-state index is 13.0. The van der Waals surface area contributed by atoms with Crippen LogP contribution in [-0.4, -0.2) is 33.0 Å². The summed E-state index contributed by atoms with van der Waals surface area (Å²) in [5.74, 6) is -0.0900. The second-order valence-electron chi connectivity index (χ2n) is 7.90. The zero-order valence-corrected chi connectivity index (χ0v) is 18.0. The van der Waals surface area contributed by atoms with Crippen molar-refractivity contribution in [3.63, 3.8) is 0 Å². The first-order valence-electron chi connectivity index (χ1n) is 10.4. The van der Waals surface area contributed by atoms with Gasteiger partial charge >= 0.3 is 0 Å². The smallest absolute Gasteiger partial charge is 0.269 e. The van der Waals surface area contributed by atoms with Gasteiger partial charge in [0.25, 0.3) is 11.6 Å². The fourth-order valence-electron chi connectivity index (χ4n) is 3.83. The van der Waals surface area contributed by atoms with Crippen molar-refractivity contribution >= 4 is 17.3 Å². The molecule has 1 saturated heterocycles. The van der Waals surface area contributed by atoms with E-state index in [4.69, 9.17) is 0 Å². The highest BCUT2D eigenvalue weighted by Crippen LogP contribution is 2.33. The van der Waals surface area contributed by atoms with E-state index in [0.717, 1.165) is 22.3 Å².